The van der Waals surface area contributed by atoms with Gasteiger partial charge in [-0.3, -0.25) is 19.2 Å². The Kier molecular flexibility index (Phi) is 5.07. The molecular formula is C36H18Cl2N2O4. The van der Waals surface area contributed by atoms with Crippen LogP contribution in [0.3, 0.4) is 0 Å². The molecule has 9 rings (SSSR count). The molecule has 2 aliphatic heterocycles. The summed E-state index contributed by atoms with van der Waals surface area (Å²) in [7, 11) is 0. The molecule has 0 fully saturated rings. The zero-order valence-electron chi connectivity index (χ0n) is 22.7. The van der Waals surface area contributed by atoms with E-state index in [-0.39, 0.29) is 17.7 Å². The van der Waals surface area contributed by atoms with Crippen molar-refractivity contribution in [3.8, 4) is 0 Å². The van der Waals surface area contributed by atoms with Crippen LogP contribution in [0.2, 0.25) is 10.0 Å². The Balaban J connectivity index is 1.28. The van der Waals surface area contributed by atoms with Crippen molar-refractivity contribution < 1.29 is 19.2 Å². The summed E-state index contributed by atoms with van der Waals surface area (Å²) in [6.07, 6.45) is 6.15. The number of hydrogen-bond acceptors (Lipinski definition) is 4. The number of carbonyl (C=O) groups excluding carboxylic acids is 4. The molecule has 5 aromatic carbocycles. The number of allylic oxidation sites excluding steroid dienone is 1. The van der Waals surface area contributed by atoms with E-state index in [1.54, 1.807) is 60.7 Å². The molecule has 0 bridgehead atoms. The van der Waals surface area contributed by atoms with E-state index >= 15 is 0 Å². The predicted octanol–water partition coefficient (Wildman–Crippen LogP) is 7.72. The maximum absolute atomic E-state index is 13.9. The van der Waals surface area contributed by atoms with E-state index in [0.29, 0.717) is 55.7 Å². The third-order valence-electron chi connectivity index (χ3n) is 9.14. The van der Waals surface area contributed by atoms with Gasteiger partial charge >= 0.3 is 0 Å². The van der Waals surface area contributed by atoms with Crippen LogP contribution in [0.25, 0.3) is 33.2 Å². The van der Waals surface area contributed by atoms with Gasteiger partial charge in [-0.2, -0.15) is 0 Å². The Morgan fingerprint density at radius 1 is 0.636 bits per heavy atom. The number of fused-ring (bicyclic) bond motifs is 2. The molecule has 0 saturated carbocycles. The topological polar surface area (TPSA) is 74.8 Å². The van der Waals surface area contributed by atoms with Crippen LogP contribution in [0.5, 0.6) is 0 Å². The van der Waals surface area contributed by atoms with E-state index in [4.69, 9.17) is 23.2 Å². The summed E-state index contributed by atoms with van der Waals surface area (Å²) in [4.78, 5) is 57.8. The minimum atomic E-state index is -0.636. The smallest absolute Gasteiger partial charge is 0.265 e. The third-order valence-corrected chi connectivity index (χ3v) is 9.64. The molecule has 2 heterocycles. The molecule has 0 saturated heterocycles. The Hall–Kier alpha value is -5.04. The fourth-order valence-electron chi connectivity index (χ4n) is 7.27. The number of amides is 4. The van der Waals surface area contributed by atoms with Gasteiger partial charge in [-0.1, -0.05) is 53.6 Å². The van der Waals surface area contributed by atoms with Crippen molar-refractivity contribution in [2.24, 2.45) is 0 Å². The molecule has 210 valence electrons. The molecular weight excluding hydrogens is 595 g/mol. The van der Waals surface area contributed by atoms with Gasteiger partial charge in [0.05, 0.1) is 17.3 Å². The van der Waals surface area contributed by atoms with Gasteiger partial charge in [0, 0.05) is 32.3 Å². The first-order valence-corrected chi connectivity index (χ1v) is 14.8. The van der Waals surface area contributed by atoms with E-state index in [1.807, 2.05) is 30.4 Å². The highest BCUT2D eigenvalue weighted by Crippen LogP contribution is 2.50. The average molecular weight is 613 g/mol. The first-order valence-electron chi connectivity index (χ1n) is 14.1. The summed E-state index contributed by atoms with van der Waals surface area (Å²) in [5.74, 6) is -2.11. The first-order chi connectivity index (χ1) is 21.3. The molecule has 1 atom stereocenters. The third kappa shape index (κ3) is 3.16. The quantitative estimate of drug-likeness (QED) is 0.151. The molecule has 4 aliphatic rings. The number of benzene rings is 5. The Morgan fingerprint density at radius 3 is 1.91 bits per heavy atom. The second-order valence-electron chi connectivity index (χ2n) is 11.3. The number of nitrogens with zero attached hydrogens (tertiary/aromatic N) is 2. The highest BCUT2D eigenvalue weighted by Gasteiger charge is 2.43. The van der Waals surface area contributed by atoms with Crippen molar-refractivity contribution in [2.45, 2.75) is 12.3 Å². The van der Waals surface area contributed by atoms with E-state index < -0.39 is 11.8 Å². The molecule has 44 heavy (non-hydrogen) atoms. The summed E-state index contributed by atoms with van der Waals surface area (Å²) < 4.78 is 0. The fraction of sp³-hybridized carbons (Fsp3) is 0.0556. The first kappa shape index (κ1) is 25.5. The summed E-state index contributed by atoms with van der Waals surface area (Å²) in [5.41, 5.74) is 5.55. The highest BCUT2D eigenvalue weighted by molar-refractivity contribution is 6.44. The normalized spacial score (nSPS) is 18.0. The zero-order valence-corrected chi connectivity index (χ0v) is 24.2. The standard InChI is InChI=1S/C36H18Cl2N2O4/c37-17-1-5-19(6-2-17)39-33(41)25-13-9-21-23-11-15-27-32-28(36(44)40(35(27)43)20-7-3-18(38)4-8-20)16-12-24(30(23)32)22-10-14-26(34(39)42)31(25)29(21)22/h1-11,13-16,26H,12H2. The Labute approximate surface area is 260 Å². The van der Waals surface area contributed by atoms with Crippen molar-refractivity contribution in [3.63, 3.8) is 0 Å². The van der Waals surface area contributed by atoms with Crippen molar-refractivity contribution in [1.29, 1.82) is 0 Å². The number of hydrogen-bond donors (Lipinski definition) is 0. The number of rotatable bonds is 2. The van der Waals surface area contributed by atoms with Crippen LogP contribution < -0.4 is 9.80 Å². The largest absolute Gasteiger partial charge is 0.273 e. The molecule has 4 amide bonds. The van der Waals surface area contributed by atoms with Crippen LogP contribution in [-0.4, -0.2) is 23.6 Å². The molecule has 0 radical (unpaired) electrons. The van der Waals surface area contributed by atoms with Crippen molar-refractivity contribution in [2.75, 3.05) is 9.80 Å². The lowest BCUT2D eigenvalue weighted by Gasteiger charge is -2.36. The van der Waals surface area contributed by atoms with Gasteiger partial charge in [0.1, 0.15) is 0 Å². The number of halogens is 2. The van der Waals surface area contributed by atoms with Crippen molar-refractivity contribution in [3.05, 3.63) is 128 Å². The average Bonchev–Trinajstić information content (AvgIpc) is 3.03. The van der Waals surface area contributed by atoms with Crippen molar-refractivity contribution in [1.82, 2.24) is 0 Å². The molecule has 0 spiro atoms. The maximum Gasteiger partial charge on any atom is 0.265 e. The van der Waals surface area contributed by atoms with Crippen LogP contribution in [0.1, 0.15) is 48.9 Å². The van der Waals surface area contributed by atoms with Crippen LogP contribution in [-0.2, 0) is 16.0 Å². The van der Waals surface area contributed by atoms with Gasteiger partial charge in [-0.15, -0.1) is 0 Å². The van der Waals surface area contributed by atoms with Gasteiger partial charge < -0.3 is 0 Å². The van der Waals surface area contributed by atoms with Gasteiger partial charge in [0.15, 0.2) is 0 Å². The lowest BCUT2D eigenvalue weighted by Crippen LogP contribution is -2.45. The lowest BCUT2D eigenvalue weighted by molar-refractivity contribution is -0.118. The molecule has 2 aliphatic carbocycles. The number of imide groups is 2. The van der Waals surface area contributed by atoms with Crippen LogP contribution >= 0.6 is 23.2 Å². The monoisotopic (exact) mass is 612 g/mol. The molecule has 8 heteroatoms. The highest BCUT2D eigenvalue weighted by atomic mass is 35.5. The second-order valence-corrected chi connectivity index (χ2v) is 12.2. The Bertz CT molecular complexity index is 2300. The molecule has 6 nitrogen and oxygen atoms in total. The molecule has 0 N–H and O–H groups in total. The van der Waals surface area contributed by atoms with E-state index in [9.17, 15) is 19.2 Å². The van der Waals surface area contributed by atoms with Gasteiger partial charge in [-0.25, -0.2) is 9.80 Å². The van der Waals surface area contributed by atoms with E-state index in [0.717, 1.165) is 32.7 Å². The summed E-state index contributed by atoms with van der Waals surface area (Å²) in [6.45, 7) is 0. The van der Waals surface area contributed by atoms with Gasteiger partial charge in [0.25, 0.3) is 17.7 Å². The summed E-state index contributed by atoms with van der Waals surface area (Å²) in [5, 5.41) is 4.50. The molecule has 0 aromatic heterocycles. The van der Waals surface area contributed by atoms with Gasteiger partial charge in [-0.05, 0) is 105 Å². The minimum absolute atomic E-state index is 0.320. The summed E-state index contributed by atoms with van der Waals surface area (Å²) in [6, 6.07) is 20.7. The number of carbonyl (C=O) groups is 4. The predicted molar refractivity (Wildman–Crippen MR) is 171 cm³/mol. The van der Waals surface area contributed by atoms with Crippen LogP contribution in [0, 0.1) is 0 Å². The lowest BCUT2D eigenvalue weighted by atomic mass is 9.73. The SMILES string of the molecule is O=C1C2=CCc3c4c5c6c(ccc5c5ccc(c2c35)C(=O)N1c1ccc(Cl)cc1)C(=O)N(c1ccc(Cl)cc1)C(=O)C6C=C4. The molecule has 1 unspecified atom stereocenters. The second kappa shape index (κ2) is 8.76. The maximum atomic E-state index is 13.9. The van der Waals surface area contributed by atoms with Crippen LogP contribution in [0.15, 0.2) is 84.9 Å². The number of anilines is 2. The van der Waals surface area contributed by atoms with E-state index in [2.05, 4.69) is 0 Å². The molecule has 5 aromatic rings. The minimum Gasteiger partial charge on any atom is -0.273 e. The van der Waals surface area contributed by atoms with E-state index in [1.165, 1.54) is 9.80 Å². The Morgan fingerprint density at radius 2 is 1.23 bits per heavy atom. The summed E-state index contributed by atoms with van der Waals surface area (Å²) >= 11 is 12.1. The zero-order chi connectivity index (χ0) is 30.0. The van der Waals surface area contributed by atoms with Crippen molar-refractivity contribution >= 4 is 91.4 Å². The van der Waals surface area contributed by atoms with Crippen LogP contribution in [0.4, 0.5) is 11.4 Å². The fourth-order valence-corrected chi connectivity index (χ4v) is 7.52. The van der Waals surface area contributed by atoms with Gasteiger partial charge in [0.2, 0.25) is 5.91 Å².